The monoisotopic (exact) mass is 343 g/mol. The summed E-state index contributed by atoms with van der Waals surface area (Å²) < 4.78 is 3.67. The Labute approximate surface area is 147 Å². The largest absolute Gasteiger partial charge is 0.339 e. The lowest BCUT2D eigenvalue weighted by atomic mass is 10.1. The number of likely N-dealkylation sites (tertiary alicyclic amines) is 1. The first-order valence-electron chi connectivity index (χ1n) is 8.63. The van der Waals surface area contributed by atoms with Crippen LogP contribution in [-0.4, -0.2) is 49.2 Å². The minimum atomic E-state index is -0.0144. The molecule has 0 saturated carbocycles. The summed E-state index contributed by atoms with van der Waals surface area (Å²) in [4.78, 5) is 26.3. The summed E-state index contributed by atoms with van der Waals surface area (Å²) in [6, 6.07) is 2.29. The zero-order valence-electron chi connectivity index (χ0n) is 15.5. The molecule has 0 aliphatic carbocycles. The third kappa shape index (κ3) is 3.23. The van der Waals surface area contributed by atoms with E-state index in [2.05, 4.69) is 16.3 Å². The van der Waals surface area contributed by atoms with E-state index >= 15 is 0 Å². The molecule has 2 aromatic rings. The molecule has 0 N–H and O–H groups in total. The summed E-state index contributed by atoms with van der Waals surface area (Å²) in [7, 11) is 0. The number of rotatable bonds is 4. The van der Waals surface area contributed by atoms with Crippen molar-refractivity contribution < 1.29 is 9.59 Å². The Morgan fingerprint density at radius 1 is 1.20 bits per heavy atom. The van der Waals surface area contributed by atoms with Crippen molar-refractivity contribution >= 4 is 11.7 Å². The van der Waals surface area contributed by atoms with Crippen LogP contribution in [0.5, 0.6) is 0 Å². The number of hydrogen-bond donors (Lipinski definition) is 0. The van der Waals surface area contributed by atoms with Gasteiger partial charge in [-0.25, -0.2) is 0 Å². The van der Waals surface area contributed by atoms with Crippen LogP contribution in [0.2, 0.25) is 0 Å². The fourth-order valence-corrected chi connectivity index (χ4v) is 3.77. The Hall–Kier alpha value is -2.44. The molecule has 0 radical (unpaired) electrons. The van der Waals surface area contributed by atoms with Crippen molar-refractivity contribution in [1.82, 2.24) is 24.5 Å². The van der Waals surface area contributed by atoms with Crippen LogP contribution in [0.4, 0.5) is 0 Å². The molecule has 1 aliphatic heterocycles. The van der Waals surface area contributed by atoms with Gasteiger partial charge in [-0.15, -0.1) is 0 Å². The summed E-state index contributed by atoms with van der Waals surface area (Å²) in [5.41, 5.74) is 4.19. The van der Waals surface area contributed by atoms with E-state index in [1.54, 1.807) is 11.6 Å². The Balaban J connectivity index is 1.70. The quantitative estimate of drug-likeness (QED) is 0.796. The number of amides is 1. The van der Waals surface area contributed by atoms with Crippen molar-refractivity contribution in [3.05, 3.63) is 34.4 Å². The summed E-state index contributed by atoms with van der Waals surface area (Å²) >= 11 is 0. The maximum Gasteiger partial charge on any atom is 0.244 e. The van der Waals surface area contributed by atoms with Gasteiger partial charge in [-0.2, -0.15) is 10.2 Å². The molecule has 1 aliphatic rings. The zero-order chi connectivity index (χ0) is 18.3. The van der Waals surface area contributed by atoms with E-state index < -0.39 is 0 Å². The second kappa shape index (κ2) is 6.46. The Morgan fingerprint density at radius 2 is 1.92 bits per heavy atom. The molecule has 0 unspecified atom stereocenters. The van der Waals surface area contributed by atoms with E-state index in [4.69, 9.17) is 0 Å². The van der Waals surface area contributed by atoms with E-state index in [1.165, 1.54) is 6.92 Å². The van der Waals surface area contributed by atoms with E-state index in [0.29, 0.717) is 17.8 Å². The van der Waals surface area contributed by atoms with E-state index in [1.807, 2.05) is 30.4 Å². The molecule has 7 heteroatoms. The predicted molar refractivity (Wildman–Crippen MR) is 93.6 cm³/mol. The number of nitrogens with zero attached hydrogens (tertiary/aromatic N) is 5. The van der Waals surface area contributed by atoms with Crippen LogP contribution in [0.25, 0.3) is 0 Å². The van der Waals surface area contributed by atoms with E-state index in [0.717, 1.165) is 30.0 Å². The molecule has 0 bridgehead atoms. The van der Waals surface area contributed by atoms with Crippen molar-refractivity contribution in [2.75, 3.05) is 13.1 Å². The van der Waals surface area contributed by atoms with Gasteiger partial charge in [0.25, 0.3) is 0 Å². The van der Waals surface area contributed by atoms with Gasteiger partial charge in [0.05, 0.1) is 23.0 Å². The highest BCUT2D eigenvalue weighted by atomic mass is 16.2. The van der Waals surface area contributed by atoms with Crippen LogP contribution in [0.3, 0.4) is 0 Å². The van der Waals surface area contributed by atoms with Gasteiger partial charge in [-0.1, -0.05) is 0 Å². The Morgan fingerprint density at radius 3 is 2.48 bits per heavy atom. The average Bonchev–Trinajstić information content (AvgIpc) is 3.18. The lowest BCUT2D eigenvalue weighted by molar-refractivity contribution is -0.131. The van der Waals surface area contributed by atoms with Gasteiger partial charge in [0.1, 0.15) is 6.54 Å². The fourth-order valence-electron chi connectivity index (χ4n) is 3.77. The summed E-state index contributed by atoms with van der Waals surface area (Å²) in [6.07, 6.45) is 0.906. The minimum absolute atomic E-state index is 0.0144. The third-order valence-corrected chi connectivity index (χ3v) is 4.93. The molecule has 7 nitrogen and oxygen atoms in total. The fraction of sp³-hybridized carbons (Fsp3) is 0.556. The van der Waals surface area contributed by atoms with Gasteiger partial charge >= 0.3 is 0 Å². The topological polar surface area (TPSA) is 73.0 Å². The van der Waals surface area contributed by atoms with Gasteiger partial charge in [0.2, 0.25) is 5.91 Å². The van der Waals surface area contributed by atoms with E-state index in [9.17, 15) is 9.59 Å². The molecule has 2 aromatic heterocycles. The highest BCUT2D eigenvalue weighted by Crippen LogP contribution is 2.23. The number of aryl methyl sites for hydroxylation is 3. The van der Waals surface area contributed by atoms with Crippen molar-refractivity contribution in [3.8, 4) is 0 Å². The number of hydrogen-bond acceptors (Lipinski definition) is 4. The molecular weight excluding hydrogens is 318 g/mol. The maximum atomic E-state index is 12.7. The van der Waals surface area contributed by atoms with Gasteiger partial charge in [-0.3, -0.25) is 19.0 Å². The van der Waals surface area contributed by atoms with Crippen molar-refractivity contribution in [2.45, 2.75) is 53.6 Å². The van der Waals surface area contributed by atoms with Gasteiger partial charge in [-0.05, 0) is 47.1 Å². The summed E-state index contributed by atoms with van der Waals surface area (Å²) in [6.45, 7) is 10.8. The molecule has 25 heavy (non-hydrogen) atoms. The summed E-state index contributed by atoms with van der Waals surface area (Å²) in [5, 5.41) is 8.91. The SMILES string of the molecule is CC(=O)c1c(C)nn(CC(=O)N2CC[C@@H](n3nc(C)cc3C)C2)c1C. The van der Waals surface area contributed by atoms with Crippen molar-refractivity contribution in [2.24, 2.45) is 0 Å². The highest BCUT2D eigenvalue weighted by molar-refractivity contribution is 5.96. The molecule has 3 heterocycles. The average molecular weight is 343 g/mol. The second-order valence-electron chi connectivity index (χ2n) is 6.91. The number of Topliss-reactive ketones (excluding diaryl/α,β-unsaturated/α-hetero) is 1. The molecule has 0 spiro atoms. The maximum absolute atomic E-state index is 12.7. The van der Waals surface area contributed by atoms with Crippen LogP contribution < -0.4 is 0 Å². The molecule has 134 valence electrons. The molecular formula is C18H25N5O2. The number of aromatic nitrogens is 4. The van der Waals surface area contributed by atoms with Gasteiger partial charge in [0.15, 0.2) is 5.78 Å². The normalized spacial score (nSPS) is 17.3. The zero-order valence-corrected chi connectivity index (χ0v) is 15.5. The van der Waals surface area contributed by atoms with Crippen molar-refractivity contribution in [1.29, 1.82) is 0 Å². The number of carbonyl (C=O) groups is 2. The number of carbonyl (C=O) groups excluding carboxylic acids is 2. The smallest absolute Gasteiger partial charge is 0.244 e. The first kappa shape index (κ1) is 17.4. The van der Waals surface area contributed by atoms with Crippen LogP contribution in [0, 0.1) is 27.7 Å². The summed E-state index contributed by atoms with van der Waals surface area (Å²) in [5.74, 6) is 0.0178. The standard InChI is InChI=1S/C18H25N5O2/c1-11-8-12(2)23(19-11)16-6-7-21(9-16)17(25)10-22-14(4)18(15(5)24)13(3)20-22/h8,16H,6-7,9-10H2,1-5H3/t16-/m1/s1. The lowest BCUT2D eigenvalue weighted by Gasteiger charge is -2.18. The van der Waals surface area contributed by atoms with Crippen LogP contribution in [0.1, 0.15) is 52.5 Å². The van der Waals surface area contributed by atoms with Crippen LogP contribution in [0.15, 0.2) is 6.07 Å². The molecule has 3 rings (SSSR count). The first-order chi connectivity index (χ1) is 11.8. The Kier molecular flexibility index (Phi) is 4.49. The Bertz CT molecular complexity index is 833. The van der Waals surface area contributed by atoms with Crippen LogP contribution >= 0.6 is 0 Å². The second-order valence-corrected chi connectivity index (χ2v) is 6.91. The van der Waals surface area contributed by atoms with Crippen molar-refractivity contribution in [3.63, 3.8) is 0 Å². The predicted octanol–water partition coefficient (Wildman–Crippen LogP) is 1.99. The third-order valence-electron chi connectivity index (χ3n) is 4.93. The molecule has 1 atom stereocenters. The molecule has 1 amide bonds. The molecule has 1 fully saturated rings. The number of ketones is 1. The molecule has 0 aromatic carbocycles. The highest BCUT2D eigenvalue weighted by Gasteiger charge is 2.29. The first-order valence-corrected chi connectivity index (χ1v) is 8.63. The van der Waals surface area contributed by atoms with E-state index in [-0.39, 0.29) is 24.3 Å². The van der Waals surface area contributed by atoms with Crippen LogP contribution in [-0.2, 0) is 11.3 Å². The lowest BCUT2D eigenvalue weighted by Crippen LogP contribution is -2.33. The minimum Gasteiger partial charge on any atom is -0.339 e. The van der Waals surface area contributed by atoms with Gasteiger partial charge < -0.3 is 4.90 Å². The molecule has 1 saturated heterocycles. The van der Waals surface area contributed by atoms with Gasteiger partial charge in [0, 0.05) is 24.5 Å².